The summed E-state index contributed by atoms with van der Waals surface area (Å²) in [6.45, 7) is 9.45. The number of ether oxygens (including phenoxy) is 4. The maximum absolute atomic E-state index is 13.0. The van der Waals surface area contributed by atoms with Crippen LogP contribution in [0.2, 0.25) is 0 Å². The van der Waals surface area contributed by atoms with Crippen LogP contribution >= 0.6 is 15.6 Å². The van der Waals surface area contributed by atoms with Crippen LogP contribution < -0.4 is 0 Å². The van der Waals surface area contributed by atoms with Gasteiger partial charge >= 0.3 is 39.5 Å². The molecule has 3 unspecified atom stereocenters. The molecule has 0 aromatic heterocycles. The monoisotopic (exact) mass is 1250 g/mol. The lowest BCUT2D eigenvalue weighted by molar-refractivity contribution is -0.161. The van der Waals surface area contributed by atoms with Crippen molar-refractivity contribution in [2.75, 3.05) is 39.6 Å². The van der Waals surface area contributed by atoms with E-state index in [0.29, 0.717) is 31.6 Å². The summed E-state index contributed by atoms with van der Waals surface area (Å²) in [7, 11) is -9.89. The molecule has 0 spiro atoms. The summed E-state index contributed by atoms with van der Waals surface area (Å²) in [5, 5.41) is 10.5. The van der Waals surface area contributed by atoms with Crippen LogP contribution in [0.4, 0.5) is 0 Å². The Labute approximate surface area is 517 Å². The highest BCUT2D eigenvalue weighted by Crippen LogP contribution is 2.45. The lowest BCUT2D eigenvalue weighted by Gasteiger charge is -2.21. The Balaban J connectivity index is 5.25. The largest absolute Gasteiger partial charge is 0.472 e. The molecule has 0 amide bonds. The van der Waals surface area contributed by atoms with Gasteiger partial charge in [0.25, 0.3) is 0 Å². The summed E-state index contributed by atoms with van der Waals surface area (Å²) in [6, 6.07) is 0. The average molecular weight is 1260 g/mol. The summed E-state index contributed by atoms with van der Waals surface area (Å²) >= 11 is 0. The van der Waals surface area contributed by atoms with Crippen LogP contribution in [0, 0.1) is 11.8 Å². The van der Waals surface area contributed by atoms with Crippen LogP contribution in [0.3, 0.4) is 0 Å². The second kappa shape index (κ2) is 58.4. The van der Waals surface area contributed by atoms with E-state index in [9.17, 15) is 43.2 Å². The molecule has 0 heterocycles. The van der Waals surface area contributed by atoms with Gasteiger partial charge in [-0.25, -0.2) is 9.13 Å². The van der Waals surface area contributed by atoms with Crippen LogP contribution in [0.5, 0.6) is 0 Å². The fourth-order valence-corrected chi connectivity index (χ4v) is 11.4. The first-order chi connectivity index (χ1) is 40.9. The van der Waals surface area contributed by atoms with E-state index >= 15 is 0 Å². The number of unbranched alkanes of at least 4 members (excludes halogenated alkanes) is 34. The van der Waals surface area contributed by atoms with Crippen LogP contribution in [0.1, 0.15) is 330 Å². The summed E-state index contributed by atoms with van der Waals surface area (Å²) in [6.07, 6.45) is 41.6. The number of rotatable bonds is 65. The molecular weight excluding hydrogens is 1130 g/mol. The molecule has 6 atom stereocenters. The van der Waals surface area contributed by atoms with Crippen molar-refractivity contribution in [2.45, 2.75) is 349 Å². The fraction of sp³-hybridized carbons (Fsp3) is 0.939. The summed E-state index contributed by atoms with van der Waals surface area (Å²) in [4.78, 5) is 72.3. The fourth-order valence-electron chi connectivity index (χ4n) is 9.85. The van der Waals surface area contributed by atoms with Gasteiger partial charge in [-0.15, -0.1) is 0 Å². The molecule has 0 fully saturated rings. The van der Waals surface area contributed by atoms with Crippen molar-refractivity contribution in [2.24, 2.45) is 11.8 Å². The number of aliphatic hydroxyl groups excluding tert-OH is 1. The van der Waals surface area contributed by atoms with Gasteiger partial charge in [-0.2, -0.15) is 0 Å². The quantitative estimate of drug-likeness (QED) is 0.0222. The molecule has 17 nitrogen and oxygen atoms in total. The van der Waals surface area contributed by atoms with Crippen LogP contribution in [0.15, 0.2) is 0 Å². The van der Waals surface area contributed by atoms with Crippen molar-refractivity contribution in [3.63, 3.8) is 0 Å². The molecule has 85 heavy (non-hydrogen) atoms. The van der Waals surface area contributed by atoms with Crippen molar-refractivity contribution in [1.29, 1.82) is 0 Å². The van der Waals surface area contributed by atoms with E-state index in [-0.39, 0.29) is 25.7 Å². The second-order valence-corrected chi connectivity index (χ2v) is 27.5. The molecule has 3 N–H and O–H groups in total. The topological polar surface area (TPSA) is 237 Å². The number of phosphoric acid groups is 2. The highest BCUT2D eigenvalue weighted by Gasteiger charge is 2.30. The number of hydrogen-bond donors (Lipinski definition) is 3. The highest BCUT2D eigenvalue weighted by molar-refractivity contribution is 7.47. The lowest BCUT2D eigenvalue weighted by Crippen LogP contribution is -2.30. The van der Waals surface area contributed by atoms with Gasteiger partial charge in [0.05, 0.1) is 26.4 Å². The number of esters is 4. The Morgan fingerprint density at radius 2 is 0.600 bits per heavy atom. The molecule has 0 aromatic rings. The van der Waals surface area contributed by atoms with Gasteiger partial charge in [-0.3, -0.25) is 37.3 Å². The zero-order chi connectivity index (χ0) is 62.9. The molecule has 0 saturated heterocycles. The highest BCUT2D eigenvalue weighted by atomic mass is 31.2. The Morgan fingerprint density at radius 3 is 0.894 bits per heavy atom. The maximum Gasteiger partial charge on any atom is 0.472 e. The van der Waals surface area contributed by atoms with Gasteiger partial charge in [-0.05, 0) is 37.5 Å². The lowest BCUT2D eigenvalue weighted by atomic mass is 9.99. The van der Waals surface area contributed by atoms with Gasteiger partial charge in [0.1, 0.15) is 19.3 Å². The number of carbonyl (C=O) groups excluding carboxylic acids is 4. The van der Waals surface area contributed by atoms with E-state index in [2.05, 4.69) is 41.5 Å². The molecule has 0 aliphatic heterocycles. The molecule has 0 aromatic carbocycles. The van der Waals surface area contributed by atoms with Gasteiger partial charge < -0.3 is 33.8 Å². The maximum atomic E-state index is 13.0. The molecule has 0 saturated carbocycles. The van der Waals surface area contributed by atoms with E-state index in [1.165, 1.54) is 148 Å². The minimum absolute atomic E-state index is 0.103. The molecule has 0 aliphatic carbocycles. The van der Waals surface area contributed by atoms with E-state index in [4.69, 9.17) is 37.0 Å². The molecule has 504 valence electrons. The smallest absolute Gasteiger partial charge is 0.462 e. The zero-order valence-corrected chi connectivity index (χ0v) is 56.7. The van der Waals surface area contributed by atoms with Crippen molar-refractivity contribution >= 4 is 39.5 Å². The average Bonchev–Trinajstić information content (AvgIpc) is 3.48. The van der Waals surface area contributed by atoms with Crippen LogP contribution in [-0.4, -0.2) is 96.7 Å². The molecule has 0 aliphatic rings. The third-order valence-electron chi connectivity index (χ3n) is 15.6. The van der Waals surface area contributed by atoms with Crippen molar-refractivity contribution in [3.05, 3.63) is 0 Å². The van der Waals surface area contributed by atoms with Crippen molar-refractivity contribution in [1.82, 2.24) is 0 Å². The van der Waals surface area contributed by atoms with Crippen molar-refractivity contribution < 1.29 is 80.2 Å². The first kappa shape index (κ1) is 83.1. The third kappa shape index (κ3) is 59.5. The first-order valence-electron chi connectivity index (χ1n) is 34.5. The van der Waals surface area contributed by atoms with Crippen LogP contribution in [-0.2, 0) is 65.4 Å². The number of hydrogen-bond acceptors (Lipinski definition) is 15. The van der Waals surface area contributed by atoms with Gasteiger partial charge in [-0.1, -0.05) is 279 Å². The third-order valence-corrected chi connectivity index (χ3v) is 17.5. The molecular formula is C66H128O17P2. The van der Waals surface area contributed by atoms with Crippen LogP contribution in [0.25, 0.3) is 0 Å². The normalized spacial score (nSPS) is 14.6. The standard InChI is InChI=1S/C66H128O17P2/c1-7-10-12-14-16-18-20-21-22-24-32-38-44-50-65(70)82-61(54-77-64(69)49-43-37-31-26-25-29-35-41-47-59(6)9-3)56-80-84(72,73)78-52-60(67)53-79-85(74,75)81-57-62(83-66(71)51-45-39-33-27-28-34-40-46-58(4)5)55-76-63(68)48-42-36-30-23-19-17-15-13-11-8-2/h58-62,67H,7-57H2,1-6H3,(H,72,73)(H,74,75)/t59?,60-,61-,62-/m1/s1. The Morgan fingerprint density at radius 1 is 0.341 bits per heavy atom. The Bertz CT molecular complexity index is 1670. The number of aliphatic hydroxyl groups is 1. The van der Waals surface area contributed by atoms with Gasteiger partial charge in [0, 0.05) is 25.7 Å². The number of carbonyl (C=O) groups is 4. The first-order valence-corrected chi connectivity index (χ1v) is 37.5. The summed E-state index contributed by atoms with van der Waals surface area (Å²) in [5.74, 6) is -0.658. The zero-order valence-electron chi connectivity index (χ0n) is 54.9. The predicted molar refractivity (Wildman–Crippen MR) is 340 cm³/mol. The Kier molecular flexibility index (Phi) is 57.1. The minimum atomic E-state index is -4.95. The van der Waals surface area contributed by atoms with E-state index in [0.717, 1.165) is 95.8 Å². The molecule has 0 bridgehead atoms. The summed E-state index contributed by atoms with van der Waals surface area (Å²) in [5.41, 5.74) is 0. The predicted octanol–water partition coefficient (Wildman–Crippen LogP) is 18.4. The van der Waals surface area contributed by atoms with E-state index in [1.807, 2.05) is 0 Å². The Hall–Kier alpha value is -1.94. The SMILES string of the molecule is CCCCCCCCCCCCCCCC(=O)O[C@H](COC(=O)CCCCCCCCCCC(C)CC)COP(=O)(O)OC[C@@H](O)COP(=O)(O)OC[C@@H](COC(=O)CCCCCCCCCCCC)OC(=O)CCCCCCCCCC(C)C. The van der Waals surface area contributed by atoms with Crippen molar-refractivity contribution in [3.8, 4) is 0 Å². The minimum Gasteiger partial charge on any atom is -0.462 e. The second-order valence-electron chi connectivity index (χ2n) is 24.6. The van der Waals surface area contributed by atoms with Gasteiger partial charge in [0.15, 0.2) is 12.2 Å². The summed E-state index contributed by atoms with van der Waals surface area (Å²) < 4.78 is 68.1. The van der Waals surface area contributed by atoms with E-state index < -0.39 is 97.5 Å². The molecule has 0 rings (SSSR count). The van der Waals surface area contributed by atoms with E-state index in [1.54, 1.807) is 0 Å². The van der Waals surface area contributed by atoms with Gasteiger partial charge in [0.2, 0.25) is 0 Å². The molecule has 19 heteroatoms. The molecule has 0 radical (unpaired) electrons. The number of phosphoric ester groups is 2.